The summed E-state index contributed by atoms with van der Waals surface area (Å²) in [4.78, 5) is 2.13. The Morgan fingerprint density at radius 3 is 2.53 bits per heavy atom. The lowest BCUT2D eigenvalue weighted by Gasteiger charge is -2.26. The minimum Gasteiger partial charge on any atom is -0.379 e. The summed E-state index contributed by atoms with van der Waals surface area (Å²) >= 11 is 0. The first-order chi connectivity index (χ1) is 8.89. The maximum absolute atomic E-state index is 5.49. The normalized spacial score (nSPS) is 13.4. The summed E-state index contributed by atoms with van der Waals surface area (Å²) in [5.41, 5.74) is 2.51. The Kier molecular flexibility index (Phi) is 5.83. The van der Waals surface area contributed by atoms with Gasteiger partial charge in [-0.15, -0.1) is 0 Å². The molecule has 1 unspecified atom stereocenters. The average molecular weight is 264 g/mol. The average Bonchev–Trinajstić information content (AvgIpc) is 2.39. The lowest BCUT2D eigenvalue weighted by Crippen LogP contribution is -2.26. The highest BCUT2D eigenvalue weighted by atomic mass is 16.5. The number of benzene rings is 1. The van der Waals surface area contributed by atoms with Gasteiger partial charge in [0.15, 0.2) is 0 Å². The zero-order valence-corrected chi connectivity index (χ0v) is 13.2. The largest absolute Gasteiger partial charge is 0.379 e. The fourth-order valence-corrected chi connectivity index (χ4v) is 2.09. The molecule has 0 spiro atoms. The van der Waals surface area contributed by atoms with E-state index in [0.29, 0.717) is 6.04 Å². The van der Waals surface area contributed by atoms with Gasteiger partial charge in [-0.05, 0) is 51.4 Å². The van der Waals surface area contributed by atoms with Crippen molar-refractivity contribution in [3.8, 4) is 0 Å². The van der Waals surface area contributed by atoms with E-state index < -0.39 is 0 Å². The first-order valence-corrected chi connectivity index (χ1v) is 6.89. The van der Waals surface area contributed by atoms with E-state index in [9.17, 15) is 0 Å². The summed E-state index contributed by atoms with van der Waals surface area (Å²) in [7, 11) is 7.94. The summed E-state index contributed by atoms with van der Waals surface area (Å²) in [6.07, 6.45) is 2.09. The second kappa shape index (κ2) is 6.92. The predicted molar refractivity (Wildman–Crippen MR) is 82.9 cm³/mol. The van der Waals surface area contributed by atoms with Gasteiger partial charge in [0.1, 0.15) is 0 Å². The molecule has 0 aliphatic rings. The van der Waals surface area contributed by atoms with Crippen molar-refractivity contribution in [2.75, 3.05) is 33.2 Å². The molecule has 0 fully saturated rings. The number of anilines is 1. The van der Waals surface area contributed by atoms with Crippen LogP contribution in [-0.4, -0.2) is 33.9 Å². The second-order valence-corrected chi connectivity index (χ2v) is 5.83. The zero-order valence-electron chi connectivity index (χ0n) is 13.2. The van der Waals surface area contributed by atoms with Crippen molar-refractivity contribution in [2.45, 2.75) is 38.3 Å². The summed E-state index contributed by atoms with van der Waals surface area (Å²) in [6, 6.07) is 9.06. The van der Waals surface area contributed by atoms with Crippen LogP contribution in [0.3, 0.4) is 0 Å². The fourth-order valence-electron chi connectivity index (χ4n) is 2.09. The van der Waals surface area contributed by atoms with Crippen LogP contribution >= 0.6 is 0 Å². The molecule has 0 heterocycles. The first-order valence-electron chi connectivity index (χ1n) is 6.89. The van der Waals surface area contributed by atoms with Gasteiger partial charge in [-0.2, -0.15) is 0 Å². The van der Waals surface area contributed by atoms with Gasteiger partial charge < -0.3 is 15.0 Å². The zero-order chi connectivity index (χ0) is 14.5. The van der Waals surface area contributed by atoms with Crippen LogP contribution in [0, 0.1) is 0 Å². The van der Waals surface area contributed by atoms with E-state index in [4.69, 9.17) is 4.74 Å². The maximum atomic E-state index is 5.49. The van der Waals surface area contributed by atoms with E-state index in [0.717, 1.165) is 12.8 Å². The molecule has 1 aromatic carbocycles. The van der Waals surface area contributed by atoms with Crippen LogP contribution in [0.15, 0.2) is 24.3 Å². The Morgan fingerprint density at radius 2 is 2.00 bits per heavy atom. The second-order valence-electron chi connectivity index (χ2n) is 5.83. The molecule has 1 N–H and O–H groups in total. The fraction of sp³-hybridized carbons (Fsp3) is 0.625. The molecule has 1 rings (SSSR count). The minimum absolute atomic E-state index is 0.0613. The number of rotatable bonds is 7. The Labute approximate surface area is 118 Å². The molecule has 0 amide bonds. The van der Waals surface area contributed by atoms with Crippen molar-refractivity contribution in [1.29, 1.82) is 0 Å². The molecule has 19 heavy (non-hydrogen) atoms. The monoisotopic (exact) mass is 264 g/mol. The highest BCUT2D eigenvalue weighted by molar-refractivity contribution is 5.47. The molecular weight excluding hydrogens is 236 g/mol. The third-order valence-corrected chi connectivity index (χ3v) is 3.73. The summed E-state index contributed by atoms with van der Waals surface area (Å²) < 4.78 is 5.49. The van der Waals surface area contributed by atoms with Crippen LogP contribution in [-0.2, 0) is 4.74 Å². The van der Waals surface area contributed by atoms with Crippen LogP contribution in [0.25, 0.3) is 0 Å². The van der Waals surface area contributed by atoms with Crippen LogP contribution in [0.4, 0.5) is 5.69 Å². The van der Waals surface area contributed by atoms with E-state index in [2.05, 4.69) is 62.4 Å². The first kappa shape index (κ1) is 16.0. The number of methoxy groups -OCH3 is 1. The van der Waals surface area contributed by atoms with Crippen molar-refractivity contribution in [1.82, 2.24) is 5.32 Å². The summed E-state index contributed by atoms with van der Waals surface area (Å²) in [5, 5.41) is 3.41. The molecule has 3 nitrogen and oxygen atoms in total. The van der Waals surface area contributed by atoms with E-state index in [-0.39, 0.29) is 5.60 Å². The predicted octanol–water partition coefficient (Wildman–Crippen LogP) is 3.22. The quantitative estimate of drug-likeness (QED) is 0.818. The number of nitrogens with one attached hydrogen (secondary N) is 1. The molecule has 0 aromatic heterocycles. The Hall–Kier alpha value is -1.06. The minimum atomic E-state index is -0.0613. The van der Waals surface area contributed by atoms with E-state index >= 15 is 0 Å². The Bertz CT molecular complexity index is 388. The maximum Gasteiger partial charge on any atom is 0.0623 e. The standard InChI is InChI=1S/C16H28N2O/c1-16(2,19-6)11-10-15(17-3)13-8-7-9-14(12-13)18(4)5/h7-9,12,15,17H,10-11H2,1-6H3. The smallest absolute Gasteiger partial charge is 0.0623 e. The van der Waals surface area contributed by atoms with Gasteiger partial charge >= 0.3 is 0 Å². The van der Waals surface area contributed by atoms with Gasteiger partial charge in [-0.25, -0.2) is 0 Å². The van der Waals surface area contributed by atoms with Crippen LogP contribution < -0.4 is 10.2 Å². The van der Waals surface area contributed by atoms with Crippen molar-refractivity contribution in [2.24, 2.45) is 0 Å². The Balaban J connectivity index is 2.77. The van der Waals surface area contributed by atoms with Crippen molar-refractivity contribution in [3.05, 3.63) is 29.8 Å². The third-order valence-electron chi connectivity index (χ3n) is 3.73. The number of hydrogen-bond acceptors (Lipinski definition) is 3. The van der Waals surface area contributed by atoms with Crippen molar-refractivity contribution < 1.29 is 4.74 Å². The highest BCUT2D eigenvalue weighted by Gasteiger charge is 2.19. The number of hydrogen-bond donors (Lipinski definition) is 1. The molecule has 108 valence electrons. The van der Waals surface area contributed by atoms with E-state index in [1.54, 1.807) is 7.11 Å². The lowest BCUT2D eigenvalue weighted by atomic mass is 9.94. The lowest BCUT2D eigenvalue weighted by molar-refractivity contribution is 0.0118. The van der Waals surface area contributed by atoms with Gasteiger partial charge in [0.25, 0.3) is 0 Å². The van der Waals surface area contributed by atoms with E-state index in [1.807, 2.05) is 7.05 Å². The van der Waals surface area contributed by atoms with Gasteiger partial charge in [-0.1, -0.05) is 12.1 Å². The molecule has 0 bridgehead atoms. The van der Waals surface area contributed by atoms with Crippen LogP contribution in [0.1, 0.15) is 38.3 Å². The van der Waals surface area contributed by atoms with Crippen molar-refractivity contribution >= 4 is 5.69 Å². The molecule has 3 heteroatoms. The van der Waals surface area contributed by atoms with Gasteiger partial charge in [-0.3, -0.25) is 0 Å². The van der Waals surface area contributed by atoms with Gasteiger partial charge in [0, 0.05) is 32.9 Å². The molecule has 0 saturated heterocycles. The van der Waals surface area contributed by atoms with Crippen LogP contribution in [0.5, 0.6) is 0 Å². The van der Waals surface area contributed by atoms with Gasteiger partial charge in [0.2, 0.25) is 0 Å². The molecule has 1 atom stereocenters. The van der Waals surface area contributed by atoms with Crippen LogP contribution in [0.2, 0.25) is 0 Å². The van der Waals surface area contributed by atoms with Gasteiger partial charge in [0.05, 0.1) is 5.60 Å². The van der Waals surface area contributed by atoms with Crippen molar-refractivity contribution in [3.63, 3.8) is 0 Å². The van der Waals surface area contributed by atoms with E-state index in [1.165, 1.54) is 11.3 Å². The molecule has 1 aromatic rings. The number of nitrogens with zero attached hydrogens (tertiary/aromatic N) is 1. The molecule has 0 aliphatic heterocycles. The summed E-state index contributed by atoms with van der Waals surface area (Å²) in [6.45, 7) is 4.27. The molecular formula is C16H28N2O. The number of ether oxygens (including phenoxy) is 1. The Morgan fingerprint density at radius 1 is 1.32 bits per heavy atom. The third kappa shape index (κ3) is 4.84. The topological polar surface area (TPSA) is 24.5 Å². The molecule has 0 radical (unpaired) electrons. The summed E-state index contributed by atoms with van der Waals surface area (Å²) in [5.74, 6) is 0. The molecule has 0 aliphatic carbocycles. The highest BCUT2D eigenvalue weighted by Crippen LogP contribution is 2.26. The SMILES string of the molecule is CNC(CCC(C)(C)OC)c1cccc(N(C)C)c1. The molecule has 0 saturated carbocycles.